The van der Waals surface area contributed by atoms with Gasteiger partial charge in [0.2, 0.25) is 10.0 Å². The van der Waals surface area contributed by atoms with Gasteiger partial charge in [0.05, 0.1) is 12.8 Å². The van der Waals surface area contributed by atoms with Crippen molar-refractivity contribution in [2.75, 3.05) is 38.2 Å². The molecule has 0 spiro atoms. The second-order valence-electron chi connectivity index (χ2n) is 9.60. The summed E-state index contributed by atoms with van der Waals surface area (Å²) in [5, 5.41) is 13.1. The van der Waals surface area contributed by atoms with E-state index in [1.54, 1.807) is 16.8 Å². The maximum absolute atomic E-state index is 13.5. The molecule has 3 aromatic rings. The van der Waals surface area contributed by atoms with Gasteiger partial charge in [-0.25, -0.2) is 13.1 Å². The van der Waals surface area contributed by atoms with Gasteiger partial charge in [0.15, 0.2) is 11.6 Å². The minimum atomic E-state index is -3.70. The van der Waals surface area contributed by atoms with Crippen molar-refractivity contribution in [3.63, 3.8) is 0 Å². The molecule has 0 saturated carbocycles. The Bertz CT molecular complexity index is 1270. The van der Waals surface area contributed by atoms with Gasteiger partial charge in [0.25, 0.3) is 0 Å². The Morgan fingerprint density at radius 2 is 1.56 bits per heavy atom. The van der Waals surface area contributed by atoms with Crippen molar-refractivity contribution in [3.8, 4) is 11.6 Å². The molecule has 1 aliphatic rings. The molecule has 3 heterocycles. The molecule has 1 fully saturated rings. The maximum atomic E-state index is 13.5. The lowest BCUT2D eigenvalue weighted by Gasteiger charge is -2.34. The molecule has 2 aromatic heterocycles. The van der Waals surface area contributed by atoms with Crippen LogP contribution >= 0.6 is 0 Å². The molecule has 9 nitrogen and oxygen atoms in total. The zero-order valence-corrected chi connectivity index (χ0v) is 21.4. The largest absolute Gasteiger partial charge is 0.495 e. The molecule has 10 heteroatoms. The number of sulfonamides is 1. The molecule has 0 radical (unpaired) electrons. The predicted molar refractivity (Wildman–Crippen MR) is 131 cm³/mol. The standard InChI is InChI=1S/C24H32N6O3S/c1-17-15-18(2)30(27-17)23-10-9-22(25-26-23)28-11-13-29(14-12-28)34(31,32)21-16-19(24(3,4)5)7-8-20(21)33-6/h7-10,15-16H,11-14H2,1-6H3. The highest BCUT2D eigenvalue weighted by molar-refractivity contribution is 7.89. The molecular weight excluding hydrogens is 452 g/mol. The minimum absolute atomic E-state index is 0.173. The second kappa shape index (κ2) is 8.99. The van der Waals surface area contributed by atoms with Crippen LogP contribution in [0.25, 0.3) is 5.82 Å². The van der Waals surface area contributed by atoms with Crippen molar-refractivity contribution < 1.29 is 13.2 Å². The molecule has 0 unspecified atom stereocenters. The molecule has 0 amide bonds. The summed E-state index contributed by atoms with van der Waals surface area (Å²) >= 11 is 0. The Morgan fingerprint density at radius 3 is 2.09 bits per heavy atom. The number of aryl methyl sites for hydroxylation is 2. The topological polar surface area (TPSA) is 93.5 Å². The highest BCUT2D eigenvalue weighted by Gasteiger charge is 2.32. The highest BCUT2D eigenvalue weighted by atomic mass is 32.2. The van der Waals surface area contributed by atoms with Gasteiger partial charge in [-0.1, -0.05) is 26.8 Å². The van der Waals surface area contributed by atoms with Crippen molar-refractivity contribution in [1.82, 2.24) is 24.3 Å². The number of aromatic nitrogens is 4. The summed E-state index contributed by atoms with van der Waals surface area (Å²) in [5.41, 5.74) is 2.69. The van der Waals surface area contributed by atoms with E-state index >= 15 is 0 Å². The van der Waals surface area contributed by atoms with Crippen LogP contribution in [0.4, 0.5) is 5.82 Å². The molecule has 0 aliphatic carbocycles. The Kier molecular flexibility index (Phi) is 6.39. The summed E-state index contributed by atoms with van der Waals surface area (Å²) in [6.45, 7) is 11.8. The summed E-state index contributed by atoms with van der Waals surface area (Å²) in [7, 11) is -2.21. The zero-order chi connectivity index (χ0) is 24.7. The van der Waals surface area contributed by atoms with Crippen LogP contribution in [0.1, 0.15) is 37.7 Å². The van der Waals surface area contributed by atoms with Gasteiger partial charge in [0.1, 0.15) is 10.6 Å². The van der Waals surface area contributed by atoms with Crippen LogP contribution in [0.15, 0.2) is 41.3 Å². The van der Waals surface area contributed by atoms with E-state index in [1.807, 2.05) is 43.0 Å². The van der Waals surface area contributed by atoms with Crippen molar-refractivity contribution in [3.05, 3.63) is 53.3 Å². The summed E-state index contributed by atoms with van der Waals surface area (Å²) < 4.78 is 35.7. The van der Waals surface area contributed by atoms with Gasteiger partial charge in [-0.15, -0.1) is 10.2 Å². The fourth-order valence-corrected chi connectivity index (χ4v) is 5.71. The first-order valence-corrected chi connectivity index (χ1v) is 12.8. The van der Waals surface area contributed by atoms with E-state index in [0.717, 1.165) is 22.8 Å². The third-order valence-corrected chi connectivity index (χ3v) is 7.99. The van der Waals surface area contributed by atoms with Crippen molar-refractivity contribution in [2.45, 2.75) is 44.9 Å². The van der Waals surface area contributed by atoms with E-state index in [-0.39, 0.29) is 10.3 Å². The van der Waals surface area contributed by atoms with Gasteiger partial charge in [-0.3, -0.25) is 0 Å². The third-order valence-electron chi connectivity index (χ3n) is 6.07. The molecule has 0 atom stereocenters. The van der Waals surface area contributed by atoms with E-state index in [1.165, 1.54) is 11.4 Å². The van der Waals surface area contributed by atoms with Gasteiger partial charge < -0.3 is 9.64 Å². The summed E-state index contributed by atoms with van der Waals surface area (Å²) in [4.78, 5) is 2.26. The Hall–Kier alpha value is -2.98. The number of hydrogen-bond donors (Lipinski definition) is 0. The Labute approximate surface area is 201 Å². The van der Waals surface area contributed by atoms with Gasteiger partial charge in [-0.05, 0) is 55.2 Å². The predicted octanol–water partition coefficient (Wildman–Crippen LogP) is 3.10. The van der Waals surface area contributed by atoms with E-state index in [2.05, 4.69) is 36.1 Å². The van der Waals surface area contributed by atoms with Crippen molar-refractivity contribution in [1.29, 1.82) is 0 Å². The Balaban J connectivity index is 1.50. The molecule has 0 bridgehead atoms. The number of methoxy groups -OCH3 is 1. The summed E-state index contributed by atoms with van der Waals surface area (Å²) in [6, 6.07) is 11.2. The number of piperazine rings is 1. The minimum Gasteiger partial charge on any atom is -0.495 e. The number of nitrogens with zero attached hydrogens (tertiary/aromatic N) is 6. The summed E-state index contributed by atoms with van der Waals surface area (Å²) in [6.07, 6.45) is 0. The molecule has 1 aliphatic heterocycles. The van der Waals surface area contributed by atoms with Gasteiger partial charge in [-0.2, -0.15) is 9.40 Å². The van der Waals surface area contributed by atoms with Crippen LogP contribution in [0, 0.1) is 13.8 Å². The van der Waals surface area contributed by atoms with Crippen LogP contribution in [-0.4, -0.2) is 66.0 Å². The summed E-state index contributed by atoms with van der Waals surface area (Å²) in [5.74, 6) is 1.73. The first-order valence-electron chi connectivity index (χ1n) is 11.3. The highest BCUT2D eigenvalue weighted by Crippen LogP contribution is 2.33. The maximum Gasteiger partial charge on any atom is 0.246 e. The molecule has 1 aromatic carbocycles. The first-order chi connectivity index (χ1) is 16.0. The fraction of sp³-hybridized carbons (Fsp3) is 0.458. The van der Waals surface area contributed by atoms with Crippen molar-refractivity contribution in [2.24, 2.45) is 0 Å². The number of benzene rings is 1. The molecule has 4 rings (SSSR count). The van der Waals surface area contributed by atoms with Crippen molar-refractivity contribution >= 4 is 15.8 Å². The quantitative estimate of drug-likeness (QED) is 0.549. The van der Waals surface area contributed by atoms with Crippen LogP contribution in [0.5, 0.6) is 5.75 Å². The van der Waals surface area contributed by atoms with Crippen LogP contribution in [-0.2, 0) is 15.4 Å². The normalized spacial score (nSPS) is 15.5. The lowest BCUT2D eigenvalue weighted by atomic mass is 9.87. The third kappa shape index (κ3) is 4.65. The van der Waals surface area contributed by atoms with Gasteiger partial charge in [0, 0.05) is 31.9 Å². The van der Waals surface area contributed by atoms with E-state index in [0.29, 0.717) is 37.7 Å². The molecule has 182 valence electrons. The van der Waals surface area contributed by atoms with Gasteiger partial charge >= 0.3 is 0 Å². The number of ether oxygens (including phenoxy) is 1. The van der Waals surface area contributed by atoms with Crippen LogP contribution in [0.3, 0.4) is 0 Å². The van der Waals surface area contributed by atoms with Crippen LogP contribution < -0.4 is 9.64 Å². The lowest BCUT2D eigenvalue weighted by molar-refractivity contribution is 0.373. The van der Waals surface area contributed by atoms with Crippen LogP contribution in [0.2, 0.25) is 0 Å². The number of rotatable bonds is 5. The molecule has 0 N–H and O–H groups in total. The average Bonchev–Trinajstić information content (AvgIpc) is 3.16. The SMILES string of the molecule is COc1ccc(C(C)(C)C)cc1S(=O)(=O)N1CCN(c2ccc(-n3nc(C)cc3C)nn2)CC1. The second-order valence-corrected chi connectivity index (χ2v) is 11.5. The first kappa shape index (κ1) is 24.2. The van der Waals surface area contributed by atoms with E-state index in [9.17, 15) is 8.42 Å². The number of anilines is 1. The Morgan fingerprint density at radius 1 is 0.912 bits per heavy atom. The zero-order valence-electron chi connectivity index (χ0n) is 20.6. The smallest absolute Gasteiger partial charge is 0.246 e. The monoisotopic (exact) mass is 484 g/mol. The number of hydrogen-bond acceptors (Lipinski definition) is 7. The van der Waals surface area contributed by atoms with E-state index < -0.39 is 10.0 Å². The molecule has 34 heavy (non-hydrogen) atoms. The molecule has 1 saturated heterocycles. The molecular formula is C24H32N6O3S. The fourth-order valence-electron chi connectivity index (χ4n) is 4.10. The average molecular weight is 485 g/mol. The van der Waals surface area contributed by atoms with E-state index in [4.69, 9.17) is 4.74 Å². The lowest BCUT2D eigenvalue weighted by Crippen LogP contribution is -2.49.